The number of nitrogens with one attached hydrogen (secondary N) is 1. The van der Waals surface area contributed by atoms with Gasteiger partial charge in [-0.2, -0.15) is 0 Å². The highest BCUT2D eigenvalue weighted by Gasteiger charge is 2.22. The normalized spacial score (nSPS) is 17.8. The molecule has 1 saturated heterocycles. The van der Waals surface area contributed by atoms with E-state index in [4.69, 9.17) is 9.47 Å². The van der Waals surface area contributed by atoms with Crippen LogP contribution in [0.25, 0.3) is 0 Å². The van der Waals surface area contributed by atoms with E-state index in [0.717, 1.165) is 43.2 Å². The Morgan fingerprint density at radius 3 is 2.62 bits per heavy atom. The monoisotopic (exact) mass is 326 g/mol. The first kappa shape index (κ1) is 16.8. The molecule has 0 aromatic heterocycles. The van der Waals surface area contributed by atoms with Crippen molar-refractivity contribution in [3.8, 4) is 11.5 Å². The van der Waals surface area contributed by atoms with Crippen molar-refractivity contribution < 1.29 is 9.47 Å². The largest absolute Gasteiger partial charge is 0.493 e. The highest BCUT2D eigenvalue weighted by atomic mass is 16.5. The lowest BCUT2D eigenvalue weighted by molar-refractivity contribution is 0.319. The number of likely N-dealkylation sites (tertiary alicyclic amines) is 1. The quantitative estimate of drug-likeness (QED) is 0.848. The standard InChI is InChI=1S/C20H26N2O2/c1-23-19-10-6-9-17(20(19)24-2)13-21-18-11-12-22(15-18)14-16-7-4-3-5-8-16/h3-10,18,21H,11-15H2,1-2H3. The molecular formula is C20H26N2O2. The third kappa shape index (κ3) is 4.08. The van der Waals surface area contributed by atoms with Crippen LogP contribution in [-0.4, -0.2) is 38.3 Å². The third-order valence-electron chi connectivity index (χ3n) is 4.59. The predicted molar refractivity (Wildman–Crippen MR) is 96.5 cm³/mol. The van der Waals surface area contributed by atoms with Gasteiger partial charge in [-0.05, 0) is 18.1 Å². The van der Waals surface area contributed by atoms with Gasteiger partial charge >= 0.3 is 0 Å². The zero-order chi connectivity index (χ0) is 16.8. The molecule has 1 aliphatic rings. The zero-order valence-electron chi connectivity index (χ0n) is 14.5. The van der Waals surface area contributed by atoms with E-state index in [9.17, 15) is 0 Å². The first-order chi connectivity index (χ1) is 11.8. The molecule has 1 unspecified atom stereocenters. The summed E-state index contributed by atoms with van der Waals surface area (Å²) in [5.41, 5.74) is 2.52. The molecule has 24 heavy (non-hydrogen) atoms. The molecule has 4 heteroatoms. The molecule has 0 amide bonds. The van der Waals surface area contributed by atoms with Gasteiger partial charge in [0.05, 0.1) is 14.2 Å². The fourth-order valence-corrected chi connectivity index (χ4v) is 3.33. The Morgan fingerprint density at radius 2 is 1.88 bits per heavy atom. The maximum absolute atomic E-state index is 5.51. The summed E-state index contributed by atoms with van der Waals surface area (Å²) in [7, 11) is 3.37. The van der Waals surface area contributed by atoms with Crippen LogP contribution in [0.15, 0.2) is 48.5 Å². The van der Waals surface area contributed by atoms with Gasteiger partial charge in [-0.1, -0.05) is 42.5 Å². The zero-order valence-corrected chi connectivity index (χ0v) is 14.5. The van der Waals surface area contributed by atoms with E-state index >= 15 is 0 Å². The number of hydrogen-bond donors (Lipinski definition) is 1. The summed E-state index contributed by atoms with van der Waals surface area (Å²) in [6, 6.07) is 17.2. The summed E-state index contributed by atoms with van der Waals surface area (Å²) < 4.78 is 10.9. The number of methoxy groups -OCH3 is 2. The Kier molecular flexibility index (Phi) is 5.72. The second-order valence-electron chi connectivity index (χ2n) is 6.24. The number of ether oxygens (including phenoxy) is 2. The average Bonchev–Trinajstić information content (AvgIpc) is 3.07. The predicted octanol–water partition coefficient (Wildman–Crippen LogP) is 3.07. The van der Waals surface area contributed by atoms with Gasteiger partial charge in [0, 0.05) is 37.8 Å². The molecule has 0 spiro atoms. The van der Waals surface area contributed by atoms with E-state index in [1.807, 2.05) is 12.1 Å². The Hall–Kier alpha value is -2.04. The van der Waals surface area contributed by atoms with Gasteiger partial charge in [0.1, 0.15) is 0 Å². The van der Waals surface area contributed by atoms with Crippen LogP contribution >= 0.6 is 0 Å². The van der Waals surface area contributed by atoms with E-state index in [-0.39, 0.29) is 0 Å². The first-order valence-electron chi connectivity index (χ1n) is 8.49. The molecule has 1 atom stereocenters. The summed E-state index contributed by atoms with van der Waals surface area (Å²) in [4.78, 5) is 2.51. The highest BCUT2D eigenvalue weighted by Crippen LogP contribution is 2.30. The van der Waals surface area contributed by atoms with Gasteiger partial charge < -0.3 is 14.8 Å². The van der Waals surface area contributed by atoms with Crippen LogP contribution in [0.1, 0.15) is 17.5 Å². The molecule has 0 aliphatic carbocycles. The number of rotatable bonds is 7. The molecule has 128 valence electrons. The van der Waals surface area contributed by atoms with Crippen LogP contribution in [-0.2, 0) is 13.1 Å². The summed E-state index contributed by atoms with van der Waals surface area (Å²) in [5, 5.41) is 3.66. The van der Waals surface area contributed by atoms with Crippen LogP contribution in [0, 0.1) is 0 Å². The second kappa shape index (κ2) is 8.18. The highest BCUT2D eigenvalue weighted by molar-refractivity contribution is 5.46. The molecule has 0 saturated carbocycles. The van der Waals surface area contributed by atoms with Gasteiger partial charge in [-0.15, -0.1) is 0 Å². The van der Waals surface area contributed by atoms with Crippen molar-refractivity contribution in [2.45, 2.75) is 25.6 Å². The number of hydrogen-bond acceptors (Lipinski definition) is 4. The van der Waals surface area contributed by atoms with E-state index in [2.05, 4.69) is 46.6 Å². The lowest BCUT2D eigenvalue weighted by Crippen LogP contribution is -2.32. The van der Waals surface area contributed by atoms with E-state index in [1.165, 1.54) is 12.0 Å². The molecule has 3 rings (SSSR count). The lowest BCUT2D eigenvalue weighted by Gasteiger charge is -2.18. The van der Waals surface area contributed by atoms with Gasteiger partial charge in [0.2, 0.25) is 0 Å². The van der Waals surface area contributed by atoms with Crippen molar-refractivity contribution in [2.24, 2.45) is 0 Å². The molecule has 1 heterocycles. The van der Waals surface area contributed by atoms with Crippen LogP contribution in [0.3, 0.4) is 0 Å². The molecule has 1 N–H and O–H groups in total. The van der Waals surface area contributed by atoms with Crippen molar-refractivity contribution >= 4 is 0 Å². The topological polar surface area (TPSA) is 33.7 Å². The number of para-hydroxylation sites is 1. The van der Waals surface area contributed by atoms with E-state index in [1.54, 1.807) is 14.2 Å². The Labute approximate surface area is 144 Å². The molecule has 0 bridgehead atoms. The summed E-state index contributed by atoms with van der Waals surface area (Å²) >= 11 is 0. The fraction of sp³-hybridized carbons (Fsp3) is 0.400. The van der Waals surface area contributed by atoms with Crippen molar-refractivity contribution in [2.75, 3.05) is 27.3 Å². The van der Waals surface area contributed by atoms with Crippen LogP contribution in [0.4, 0.5) is 0 Å². The maximum atomic E-state index is 5.51. The van der Waals surface area contributed by atoms with Gasteiger partial charge in [0.15, 0.2) is 11.5 Å². The smallest absolute Gasteiger partial charge is 0.165 e. The molecule has 2 aromatic rings. The molecule has 0 radical (unpaired) electrons. The summed E-state index contributed by atoms with van der Waals surface area (Å²) in [6.07, 6.45) is 1.18. The summed E-state index contributed by atoms with van der Waals surface area (Å²) in [6.45, 7) is 4.05. The maximum Gasteiger partial charge on any atom is 0.165 e. The van der Waals surface area contributed by atoms with E-state index in [0.29, 0.717) is 6.04 Å². The SMILES string of the molecule is COc1cccc(CNC2CCN(Cc3ccccc3)C2)c1OC. The second-order valence-corrected chi connectivity index (χ2v) is 6.24. The van der Waals surface area contributed by atoms with E-state index < -0.39 is 0 Å². The molecule has 2 aromatic carbocycles. The molecule has 1 fully saturated rings. The van der Waals surface area contributed by atoms with Crippen molar-refractivity contribution in [1.29, 1.82) is 0 Å². The van der Waals surface area contributed by atoms with Crippen LogP contribution in [0.2, 0.25) is 0 Å². The first-order valence-corrected chi connectivity index (χ1v) is 8.49. The molecule has 4 nitrogen and oxygen atoms in total. The Balaban J connectivity index is 1.53. The number of benzene rings is 2. The Bertz CT molecular complexity index is 645. The van der Waals surface area contributed by atoms with Crippen molar-refractivity contribution in [3.63, 3.8) is 0 Å². The van der Waals surface area contributed by atoms with Gasteiger partial charge in [0.25, 0.3) is 0 Å². The molecule has 1 aliphatic heterocycles. The lowest BCUT2D eigenvalue weighted by atomic mass is 10.1. The van der Waals surface area contributed by atoms with Crippen molar-refractivity contribution in [1.82, 2.24) is 10.2 Å². The third-order valence-corrected chi connectivity index (χ3v) is 4.59. The minimum atomic E-state index is 0.518. The molecular weight excluding hydrogens is 300 g/mol. The van der Waals surface area contributed by atoms with Crippen LogP contribution < -0.4 is 14.8 Å². The van der Waals surface area contributed by atoms with Crippen LogP contribution in [0.5, 0.6) is 11.5 Å². The summed E-state index contributed by atoms with van der Waals surface area (Å²) in [5.74, 6) is 1.61. The number of nitrogens with zero attached hydrogens (tertiary/aromatic N) is 1. The van der Waals surface area contributed by atoms with Crippen molar-refractivity contribution in [3.05, 3.63) is 59.7 Å². The van der Waals surface area contributed by atoms with Gasteiger partial charge in [-0.3, -0.25) is 4.90 Å². The minimum Gasteiger partial charge on any atom is -0.493 e. The fourth-order valence-electron chi connectivity index (χ4n) is 3.33. The Morgan fingerprint density at radius 1 is 1.04 bits per heavy atom. The minimum absolute atomic E-state index is 0.518. The van der Waals surface area contributed by atoms with Gasteiger partial charge in [-0.25, -0.2) is 0 Å². The average molecular weight is 326 g/mol.